The molecule has 2 fully saturated rings. The molecule has 102 valence electrons. The number of hydrogen-bond acceptors (Lipinski definition) is 2. The molecule has 2 aliphatic carbocycles. The van der Waals surface area contributed by atoms with E-state index in [9.17, 15) is 0 Å². The lowest BCUT2D eigenvalue weighted by molar-refractivity contribution is 0.332. The summed E-state index contributed by atoms with van der Waals surface area (Å²) in [5, 5.41) is 0. The number of benzene rings is 1. The van der Waals surface area contributed by atoms with Crippen LogP contribution < -0.4 is 10.6 Å². The van der Waals surface area contributed by atoms with E-state index in [1.54, 1.807) is 0 Å². The van der Waals surface area contributed by atoms with E-state index in [0.717, 1.165) is 29.9 Å². The van der Waals surface area contributed by atoms with Crippen LogP contribution >= 0.6 is 0 Å². The Bertz CT molecular complexity index is 482. The minimum Gasteiger partial charge on any atom is -0.398 e. The highest BCUT2D eigenvalue weighted by atomic mass is 15.1. The summed E-state index contributed by atoms with van der Waals surface area (Å²) in [7, 11) is 0. The van der Waals surface area contributed by atoms with Gasteiger partial charge in [-0.25, -0.2) is 0 Å². The third-order valence-electron chi connectivity index (χ3n) is 5.72. The topological polar surface area (TPSA) is 29.3 Å². The monoisotopic (exact) mass is 256 g/mol. The van der Waals surface area contributed by atoms with Crippen LogP contribution in [0.3, 0.4) is 0 Å². The van der Waals surface area contributed by atoms with E-state index in [1.807, 2.05) is 0 Å². The van der Waals surface area contributed by atoms with E-state index in [4.69, 9.17) is 5.73 Å². The molecule has 1 aromatic rings. The molecule has 0 aromatic heterocycles. The number of nitrogens with two attached hydrogens (primary N) is 1. The molecule has 0 radical (unpaired) electrons. The van der Waals surface area contributed by atoms with Gasteiger partial charge in [0.05, 0.1) is 0 Å². The molecule has 3 atom stereocenters. The van der Waals surface area contributed by atoms with E-state index in [2.05, 4.69) is 23.1 Å². The molecule has 1 aliphatic heterocycles. The Balaban J connectivity index is 1.55. The molecular weight excluding hydrogens is 232 g/mol. The van der Waals surface area contributed by atoms with Gasteiger partial charge in [0.15, 0.2) is 0 Å². The zero-order valence-corrected chi connectivity index (χ0v) is 11.6. The van der Waals surface area contributed by atoms with Gasteiger partial charge < -0.3 is 10.6 Å². The maximum atomic E-state index is 6.15. The van der Waals surface area contributed by atoms with Crippen LogP contribution in [-0.2, 0) is 6.42 Å². The molecule has 1 heterocycles. The van der Waals surface area contributed by atoms with Crippen LogP contribution in [0.5, 0.6) is 0 Å². The highest BCUT2D eigenvalue weighted by Crippen LogP contribution is 2.49. The fraction of sp³-hybridized carbons (Fsp3) is 0.647. The van der Waals surface area contributed by atoms with Gasteiger partial charge in [-0.05, 0) is 67.6 Å². The highest BCUT2D eigenvalue weighted by Gasteiger charge is 2.40. The van der Waals surface area contributed by atoms with E-state index in [0.29, 0.717) is 0 Å². The van der Waals surface area contributed by atoms with Crippen molar-refractivity contribution in [3.05, 3.63) is 23.8 Å². The van der Waals surface area contributed by atoms with Crippen LogP contribution in [0.1, 0.15) is 37.7 Å². The average molecular weight is 256 g/mol. The molecule has 2 heteroatoms. The second-order valence-electron chi connectivity index (χ2n) is 6.83. The van der Waals surface area contributed by atoms with Crippen molar-refractivity contribution in [2.75, 3.05) is 23.7 Å². The average Bonchev–Trinajstić information content (AvgIpc) is 3.02. The maximum Gasteiger partial charge on any atom is 0.0419 e. The molecule has 2 bridgehead atoms. The Morgan fingerprint density at radius 2 is 2.16 bits per heavy atom. The second kappa shape index (κ2) is 4.43. The molecule has 1 aromatic carbocycles. The van der Waals surface area contributed by atoms with Crippen LogP contribution in [-0.4, -0.2) is 13.1 Å². The van der Waals surface area contributed by atoms with Crippen molar-refractivity contribution in [3.8, 4) is 0 Å². The first-order valence-electron chi connectivity index (χ1n) is 7.93. The Kier molecular flexibility index (Phi) is 2.71. The lowest BCUT2D eigenvalue weighted by atomic mass is 9.87. The first-order chi connectivity index (χ1) is 9.31. The molecule has 3 unspecified atom stereocenters. The van der Waals surface area contributed by atoms with Crippen molar-refractivity contribution in [1.29, 1.82) is 0 Å². The van der Waals surface area contributed by atoms with Gasteiger partial charge in [-0.15, -0.1) is 0 Å². The number of nitrogen functional groups attached to an aromatic ring is 1. The summed E-state index contributed by atoms with van der Waals surface area (Å²) in [6.45, 7) is 2.50. The lowest BCUT2D eigenvalue weighted by Crippen LogP contribution is -2.35. The Morgan fingerprint density at radius 3 is 2.95 bits per heavy atom. The maximum absolute atomic E-state index is 6.15. The van der Waals surface area contributed by atoms with Gasteiger partial charge in [0, 0.05) is 24.5 Å². The first-order valence-corrected chi connectivity index (χ1v) is 7.93. The number of anilines is 2. The Hall–Kier alpha value is -1.18. The predicted octanol–water partition coefficient (Wildman–Crippen LogP) is 3.46. The van der Waals surface area contributed by atoms with Gasteiger partial charge in [0.25, 0.3) is 0 Å². The van der Waals surface area contributed by atoms with Crippen LogP contribution in [0.4, 0.5) is 11.4 Å². The third-order valence-corrected chi connectivity index (χ3v) is 5.72. The summed E-state index contributed by atoms with van der Waals surface area (Å²) in [4.78, 5) is 2.63. The number of rotatable bonds is 2. The van der Waals surface area contributed by atoms with Crippen LogP contribution in [0.25, 0.3) is 0 Å². The normalized spacial score (nSPS) is 32.6. The first kappa shape index (κ1) is 11.6. The summed E-state index contributed by atoms with van der Waals surface area (Å²) in [6, 6.07) is 6.45. The number of hydrogen-bond donors (Lipinski definition) is 1. The van der Waals surface area contributed by atoms with Gasteiger partial charge in [0.2, 0.25) is 0 Å². The van der Waals surface area contributed by atoms with Crippen molar-refractivity contribution in [2.24, 2.45) is 17.8 Å². The minimum absolute atomic E-state index is 0.950. The molecular formula is C17H24N2. The van der Waals surface area contributed by atoms with Gasteiger partial charge in [-0.1, -0.05) is 12.5 Å². The summed E-state index contributed by atoms with van der Waals surface area (Å²) in [5.74, 6) is 3.03. The minimum atomic E-state index is 0.950. The van der Waals surface area contributed by atoms with E-state index in [1.165, 1.54) is 56.4 Å². The summed E-state index contributed by atoms with van der Waals surface area (Å²) in [6.07, 6.45) is 8.43. The molecule has 2 N–H and O–H groups in total. The van der Waals surface area contributed by atoms with Crippen molar-refractivity contribution < 1.29 is 0 Å². The van der Waals surface area contributed by atoms with Crippen LogP contribution in [0.15, 0.2) is 18.2 Å². The smallest absolute Gasteiger partial charge is 0.0419 e. The molecule has 4 rings (SSSR count). The second-order valence-corrected chi connectivity index (χ2v) is 6.83. The van der Waals surface area contributed by atoms with Crippen LogP contribution in [0.2, 0.25) is 0 Å². The standard InChI is InChI=1S/C17H24N2/c18-16-4-1-5-17-15(16)3-2-8-19(17)11-14-10-12-6-7-13(14)9-12/h1,4-5,12-14H,2-3,6-11,18H2. The van der Waals surface area contributed by atoms with Crippen molar-refractivity contribution in [2.45, 2.75) is 38.5 Å². The molecule has 0 amide bonds. The summed E-state index contributed by atoms with van der Waals surface area (Å²) < 4.78 is 0. The lowest BCUT2D eigenvalue weighted by Gasteiger charge is -2.36. The highest BCUT2D eigenvalue weighted by molar-refractivity contribution is 5.66. The molecule has 2 saturated carbocycles. The van der Waals surface area contributed by atoms with Crippen molar-refractivity contribution >= 4 is 11.4 Å². The fourth-order valence-electron chi connectivity index (χ4n) is 4.80. The molecule has 0 spiro atoms. The van der Waals surface area contributed by atoms with Gasteiger partial charge in [-0.2, -0.15) is 0 Å². The molecule has 19 heavy (non-hydrogen) atoms. The van der Waals surface area contributed by atoms with Crippen LogP contribution in [0, 0.1) is 17.8 Å². The molecule has 0 saturated heterocycles. The molecule has 3 aliphatic rings. The molecule has 2 nitrogen and oxygen atoms in total. The van der Waals surface area contributed by atoms with Gasteiger partial charge >= 0.3 is 0 Å². The largest absolute Gasteiger partial charge is 0.398 e. The van der Waals surface area contributed by atoms with E-state index < -0.39 is 0 Å². The zero-order chi connectivity index (χ0) is 12.8. The van der Waals surface area contributed by atoms with Gasteiger partial charge in [0.1, 0.15) is 0 Å². The van der Waals surface area contributed by atoms with E-state index in [-0.39, 0.29) is 0 Å². The third kappa shape index (κ3) is 1.92. The van der Waals surface area contributed by atoms with Crippen molar-refractivity contribution in [3.63, 3.8) is 0 Å². The Labute approximate surface area is 116 Å². The summed E-state index contributed by atoms with van der Waals surface area (Å²) >= 11 is 0. The number of nitrogens with zero attached hydrogens (tertiary/aromatic N) is 1. The Morgan fingerprint density at radius 1 is 1.21 bits per heavy atom. The quantitative estimate of drug-likeness (QED) is 0.821. The van der Waals surface area contributed by atoms with E-state index >= 15 is 0 Å². The van der Waals surface area contributed by atoms with Gasteiger partial charge in [-0.3, -0.25) is 0 Å². The SMILES string of the molecule is Nc1cccc2c1CCCN2CC1CC2CCC1C2. The summed E-state index contributed by atoms with van der Waals surface area (Å²) in [5.41, 5.74) is 9.97. The fourth-order valence-corrected chi connectivity index (χ4v) is 4.80. The number of fused-ring (bicyclic) bond motifs is 3. The predicted molar refractivity (Wildman–Crippen MR) is 80.3 cm³/mol. The van der Waals surface area contributed by atoms with Crippen molar-refractivity contribution in [1.82, 2.24) is 0 Å². The zero-order valence-electron chi connectivity index (χ0n) is 11.6.